The van der Waals surface area contributed by atoms with Crippen LogP contribution in [0.4, 0.5) is 0 Å². The van der Waals surface area contributed by atoms with E-state index in [0.29, 0.717) is 40.1 Å². The average molecular weight is 426 g/mol. The molecule has 2 aromatic rings. The van der Waals surface area contributed by atoms with Gasteiger partial charge in [-0.15, -0.1) is 0 Å². The largest absolute Gasteiger partial charge is 0.349 e. The molecular formula is C20H19Cl3N2O2. The molecule has 0 unspecified atom stereocenters. The van der Waals surface area contributed by atoms with Crippen LogP contribution in [0.25, 0.3) is 0 Å². The van der Waals surface area contributed by atoms with Gasteiger partial charge < -0.3 is 10.2 Å². The zero-order valence-electron chi connectivity index (χ0n) is 14.6. The molecule has 3 rings (SSSR count). The van der Waals surface area contributed by atoms with Gasteiger partial charge in [0.05, 0.1) is 16.5 Å². The Labute approximate surface area is 173 Å². The minimum atomic E-state index is -0.181. The van der Waals surface area contributed by atoms with Gasteiger partial charge in [-0.05, 0) is 48.7 Å². The first kappa shape index (κ1) is 20.0. The third kappa shape index (κ3) is 5.38. The summed E-state index contributed by atoms with van der Waals surface area (Å²) >= 11 is 17.7. The standard InChI is InChI=1S/C20H19Cl3N2O2/c21-15-4-1-13(2-5-15)11-19(26)25-9-7-16(8-10-25)24-20(27)14-3-6-17(22)18(23)12-14/h1-6,12,16H,7-11H2,(H,24,27). The summed E-state index contributed by atoms with van der Waals surface area (Å²) in [6, 6.07) is 12.2. The topological polar surface area (TPSA) is 49.4 Å². The van der Waals surface area contributed by atoms with E-state index >= 15 is 0 Å². The predicted octanol–water partition coefficient (Wildman–Crippen LogP) is 4.61. The van der Waals surface area contributed by atoms with Crippen LogP contribution in [0, 0.1) is 0 Å². The number of nitrogens with one attached hydrogen (secondary N) is 1. The molecule has 7 heteroatoms. The van der Waals surface area contributed by atoms with Crippen LogP contribution < -0.4 is 5.32 Å². The number of amides is 2. The summed E-state index contributed by atoms with van der Waals surface area (Å²) in [5.41, 5.74) is 1.42. The molecular weight excluding hydrogens is 407 g/mol. The first-order valence-corrected chi connectivity index (χ1v) is 9.84. The summed E-state index contributed by atoms with van der Waals surface area (Å²) in [7, 11) is 0. The van der Waals surface area contributed by atoms with Crippen LogP contribution >= 0.6 is 34.8 Å². The van der Waals surface area contributed by atoms with Crippen molar-refractivity contribution in [3.63, 3.8) is 0 Å². The van der Waals surface area contributed by atoms with Gasteiger partial charge in [0.1, 0.15) is 0 Å². The Morgan fingerprint density at radius 3 is 2.26 bits per heavy atom. The number of benzene rings is 2. The molecule has 1 aliphatic rings. The van der Waals surface area contributed by atoms with Crippen LogP contribution in [-0.4, -0.2) is 35.8 Å². The Hall–Kier alpha value is -1.75. The van der Waals surface area contributed by atoms with Crippen molar-refractivity contribution >= 4 is 46.6 Å². The molecule has 0 bridgehead atoms. The fourth-order valence-corrected chi connectivity index (χ4v) is 3.49. The number of carbonyl (C=O) groups is 2. The van der Waals surface area contributed by atoms with Crippen LogP contribution in [0.1, 0.15) is 28.8 Å². The van der Waals surface area contributed by atoms with E-state index in [4.69, 9.17) is 34.8 Å². The summed E-state index contributed by atoms with van der Waals surface area (Å²) in [6.07, 6.45) is 1.80. The minimum absolute atomic E-state index is 0.0338. The first-order valence-electron chi connectivity index (χ1n) is 8.70. The summed E-state index contributed by atoms with van der Waals surface area (Å²) in [6.45, 7) is 1.25. The van der Waals surface area contributed by atoms with Crippen molar-refractivity contribution in [2.45, 2.75) is 25.3 Å². The number of hydrogen-bond acceptors (Lipinski definition) is 2. The van der Waals surface area contributed by atoms with Gasteiger partial charge in [-0.3, -0.25) is 9.59 Å². The molecule has 0 aliphatic carbocycles. The molecule has 1 saturated heterocycles. The van der Waals surface area contributed by atoms with Crippen molar-refractivity contribution in [1.29, 1.82) is 0 Å². The number of halogens is 3. The molecule has 0 atom stereocenters. The molecule has 142 valence electrons. The Kier molecular flexibility index (Phi) is 6.64. The maximum Gasteiger partial charge on any atom is 0.251 e. The number of rotatable bonds is 4. The smallest absolute Gasteiger partial charge is 0.251 e. The van der Waals surface area contributed by atoms with Crippen molar-refractivity contribution in [3.05, 3.63) is 68.7 Å². The lowest BCUT2D eigenvalue weighted by atomic mass is 10.0. The second-order valence-corrected chi connectivity index (χ2v) is 7.81. The number of nitrogens with zero attached hydrogens (tertiary/aromatic N) is 1. The number of piperidine rings is 1. The van der Waals surface area contributed by atoms with Gasteiger partial charge >= 0.3 is 0 Å². The van der Waals surface area contributed by atoms with Crippen LogP contribution in [0.2, 0.25) is 15.1 Å². The molecule has 0 saturated carbocycles. The van der Waals surface area contributed by atoms with Gasteiger partial charge in [-0.1, -0.05) is 46.9 Å². The van der Waals surface area contributed by atoms with E-state index in [2.05, 4.69) is 5.32 Å². The van der Waals surface area contributed by atoms with E-state index in [1.54, 1.807) is 30.3 Å². The number of carbonyl (C=O) groups excluding carboxylic acids is 2. The third-order valence-electron chi connectivity index (χ3n) is 4.63. The number of likely N-dealkylation sites (tertiary alicyclic amines) is 1. The maximum atomic E-state index is 12.5. The molecule has 2 amide bonds. The second kappa shape index (κ2) is 8.96. The Balaban J connectivity index is 1.49. The minimum Gasteiger partial charge on any atom is -0.349 e. The van der Waals surface area contributed by atoms with Crippen molar-refractivity contribution in [1.82, 2.24) is 10.2 Å². The van der Waals surface area contributed by atoms with E-state index < -0.39 is 0 Å². The molecule has 27 heavy (non-hydrogen) atoms. The van der Waals surface area contributed by atoms with Crippen LogP contribution in [0.15, 0.2) is 42.5 Å². The fraction of sp³-hybridized carbons (Fsp3) is 0.300. The Bertz CT molecular complexity index is 832. The lowest BCUT2D eigenvalue weighted by molar-refractivity contribution is -0.131. The van der Waals surface area contributed by atoms with Crippen molar-refractivity contribution < 1.29 is 9.59 Å². The second-order valence-electron chi connectivity index (χ2n) is 6.56. The predicted molar refractivity (Wildman–Crippen MR) is 109 cm³/mol. The van der Waals surface area contributed by atoms with Crippen LogP contribution in [0.3, 0.4) is 0 Å². The zero-order chi connectivity index (χ0) is 19.4. The quantitative estimate of drug-likeness (QED) is 0.777. The van der Waals surface area contributed by atoms with E-state index in [0.717, 1.165) is 18.4 Å². The fourth-order valence-electron chi connectivity index (χ4n) is 3.07. The van der Waals surface area contributed by atoms with Crippen LogP contribution in [-0.2, 0) is 11.2 Å². The van der Waals surface area contributed by atoms with Gasteiger partial charge in [-0.2, -0.15) is 0 Å². The van der Waals surface area contributed by atoms with E-state index in [1.807, 2.05) is 17.0 Å². The lowest BCUT2D eigenvalue weighted by Gasteiger charge is -2.32. The van der Waals surface area contributed by atoms with Crippen molar-refractivity contribution in [2.24, 2.45) is 0 Å². The third-order valence-corrected chi connectivity index (χ3v) is 5.62. The molecule has 2 aromatic carbocycles. The molecule has 0 aromatic heterocycles. The summed E-state index contributed by atoms with van der Waals surface area (Å²) in [4.78, 5) is 26.7. The molecule has 0 spiro atoms. The van der Waals surface area contributed by atoms with E-state index in [-0.39, 0.29) is 17.9 Å². The molecule has 1 heterocycles. The maximum absolute atomic E-state index is 12.5. The average Bonchev–Trinajstić information content (AvgIpc) is 2.66. The SMILES string of the molecule is O=C(NC1CCN(C(=O)Cc2ccc(Cl)cc2)CC1)c1ccc(Cl)c(Cl)c1. The van der Waals surface area contributed by atoms with Gasteiger partial charge in [0.2, 0.25) is 5.91 Å². The zero-order valence-corrected chi connectivity index (χ0v) is 16.8. The summed E-state index contributed by atoms with van der Waals surface area (Å²) in [5.74, 6) is -0.0916. The van der Waals surface area contributed by atoms with Gasteiger partial charge in [-0.25, -0.2) is 0 Å². The summed E-state index contributed by atoms with van der Waals surface area (Å²) in [5, 5.41) is 4.43. The highest BCUT2D eigenvalue weighted by atomic mass is 35.5. The highest BCUT2D eigenvalue weighted by Gasteiger charge is 2.24. The van der Waals surface area contributed by atoms with Crippen molar-refractivity contribution in [3.8, 4) is 0 Å². The highest BCUT2D eigenvalue weighted by molar-refractivity contribution is 6.42. The number of hydrogen-bond donors (Lipinski definition) is 1. The van der Waals surface area contributed by atoms with E-state index in [9.17, 15) is 9.59 Å². The lowest BCUT2D eigenvalue weighted by Crippen LogP contribution is -2.47. The summed E-state index contributed by atoms with van der Waals surface area (Å²) < 4.78 is 0. The molecule has 1 N–H and O–H groups in total. The van der Waals surface area contributed by atoms with Crippen molar-refractivity contribution in [2.75, 3.05) is 13.1 Å². The molecule has 1 fully saturated rings. The van der Waals surface area contributed by atoms with E-state index in [1.165, 1.54) is 0 Å². The highest BCUT2D eigenvalue weighted by Crippen LogP contribution is 2.23. The Morgan fingerprint density at radius 2 is 1.63 bits per heavy atom. The van der Waals surface area contributed by atoms with Gasteiger partial charge in [0.25, 0.3) is 5.91 Å². The van der Waals surface area contributed by atoms with Crippen LogP contribution in [0.5, 0.6) is 0 Å². The first-order chi connectivity index (χ1) is 12.9. The monoisotopic (exact) mass is 424 g/mol. The Morgan fingerprint density at radius 1 is 0.963 bits per heavy atom. The normalized spacial score (nSPS) is 14.9. The molecule has 1 aliphatic heterocycles. The van der Waals surface area contributed by atoms with Gasteiger partial charge in [0, 0.05) is 29.7 Å². The molecule has 0 radical (unpaired) electrons. The van der Waals surface area contributed by atoms with Gasteiger partial charge in [0.15, 0.2) is 0 Å². The molecule has 4 nitrogen and oxygen atoms in total.